The summed E-state index contributed by atoms with van der Waals surface area (Å²) in [5.41, 5.74) is -0.0903. The zero-order valence-electron chi connectivity index (χ0n) is 11.7. The minimum absolute atomic E-state index is 0.0472. The van der Waals surface area contributed by atoms with Crippen LogP contribution in [0.3, 0.4) is 0 Å². The van der Waals surface area contributed by atoms with Gasteiger partial charge in [-0.25, -0.2) is 0 Å². The van der Waals surface area contributed by atoms with Crippen LogP contribution in [0.4, 0.5) is 0 Å². The van der Waals surface area contributed by atoms with E-state index in [1.807, 2.05) is 0 Å². The quantitative estimate of drug-likeness (QED) is 0.610. The van der Waals surface area contributed by atoms with E-state index >= 15 is 0 Å². The van der Waals surface area contributed by atoms with Gasteiger partial charge in [0.2, 0.25) is 0 Å². The zero-order chi connectivity index (χ0) is 13.9. The van der Waals surface area contributed by atoms with Crippen molar-refractivity contribution in [3.8, 4) is 0 Å². The van der Waals surface area contributed by atoms with Crippen LogP contribution in [0.25, 0.3) is 0 Å². The fourth-order valence-corrected chi connectivity index (χ4v) is 4.28. The van der Waals surface area contributed by atoms with Gasteiger partial charge < -0.3 is 9.84 Å². The smallest absolute Gasteiger partial charge is 0.305 e. The highest BCUT2D eigenvalue weighted by Gasteiger charge is 2.43. The molecular weight excluding hydrogens is 236 g/mol. The molecule has 0 aliphatic rings. The summed E-state index contributed by atoms with van der Waals surface area (Å²) in [7, 11) is -0.519. The number of esters is 1. The van der Waals surface area contributed by atoms with Crippen molar-refractivity contribution in [3.05, 3.63) is 0 Å². The zero-order valence-corrected chi connectivity index (χ0v) is 12.7. The number of methoxy groups -OCH3 is 1. The molecule has 0 bridgehead atoms. The van der Waals surface area contributed by atoms with Gasteiger partial charge in [-0.2, -0.15) is 0 Å². The van der Waals surface area contributed by atoms with E-state index in [0.717, 1.165) is 0 Å². The summed E-state index contributed by atoms with van der Waals surface area (Å²) in [5.74, 6) is -1.16. The molecule has 0 aromatic carbocycles. The normalized spacial score (nSPS) is 14.2. The molecule has 0 saturated heterocycles. The molecule has 0 heterocycles. The third kappa shape index (κ3) is 4.50. The maximum atomic E-state index is 11.4. The van der Waals surface area contributed by atoms with E-state index < -0.39 is 14.0 Å². The van der Waals surface area contributed by atoms with Crippen LogP contribution < -0.4 is 0 Å². The summed E-state index contributed by atoms with van der Waals surface area (Å²) in [6.45, 7) is 10.6. The van der Waals surface area contributed by atoms with E-state index in [0.29, 0.717) is 0 Å². The van der Waals surface area contributed by atoms with E-state index in [9.17, 15) is 9.59 Å². The highest BCUT2D eigenvalue weighted by molar-refractivity contribution is 6.81. The highest BCUT2D eigenvalue weighted by Crippen LogP contribution is 2.46. The van der Waals surface area contributed by atoms with Crippen LogP contribution in [0.5, 0.6) is 0 Å². The molecule has 5 heteroatoms. The van der Waals surface area contributed by atoms with Crippen molar-refractivity contribution in [2.45, 2.75) is 57.3 Å². The Hall–Kier alpha value is -0.843. The van der Waals surface area contributed by atoms with E-state index in [4.69, 9.17) is 5.11 Å². The average molecular weight is 260 g/mol. The Morgan fingerprint density at radius 3 is 2.00 bits per heavy atom. The van der Waals surface area contributed by atoms with Crippen LogP contribution in [0, 0.1) is 0 Å². The van der Waals surface area contributed by atoms with Gasteiger partial charge in [0.15, 0.2) is 0 Å². The van der Waals surface area contributed by atoms with Crippen molar-refractivity contribution in [1.29, 1.82) is 0 Å². The van der Waals surface area contributed by atoms with E-state index in [-0.39, 0.29) is 29.4 Å². The average Bonchev–Trinajstić information content (AvgIpc) is 2.13. The number of carboxylic acid groups (broad SMARTS) is 1. The van der Waals surface area contributed by atoms with Gasteiger partial charge in [-0.15, -0.1) is 0 Å². The number of rotatable bonds is 5. The van der Waals surface area contributed by atoms with Crippen LogP contribution >= 0.6 is 0 Å². The molecule has 1 N–H and O–H groups in total. The first-order chi connectivity index (χ1) is 7.52. The molecule has 0 aliphatic carbocycles. The van der Waals surface area contributed by atoms with Crippen LogP contribution in [-0.4, -0.2) is 32.2 Å². The largest absolute Gasteiger partial charge is 0.481 e. The minimum atomic E-state index is -1.86. The standard InChI is InChI=1S/C12H24O4Si/c1-12(2,3)17(5,6)9(7-10(13)14)8-11(15)16-4/h9H,7-8H2,1-6H3,(H,13,14)/t9-/m1/s1. The van der Waals surface area contributed by atoms with Gasteiger partial charge in [-0.3, -0.25) is 9.59 Å². The van der Waals surface area contributed by atoms with Gasteiger partial charge in [0.05, 0.1) is 15.2 Å². The number of hydrogen-bond acceptors (Lipinski definition) is 3. The Balaban J connectivity index is 5.03. The van der Waals surface area contributed by atoms with Crippen LogP contribution in [0.2, 0.25) is 23.7 Å². The maximum absolute atomic E-state index is 11.4. The van der Waals surface area contributed by atoms with E-state index in [1.165, 1.54) is 7.11 Å². The lowest BCUT2D eigenvalue weighted by Crippen LogP contribution is -2.43. The molecule has 1 atom stereocenters. The molecule has 0 fully saturated rings. The Bertz CT molecular complexity index is 291. The number of hydrogen-bond donors (Lipinski definition) is 1. The van der Waals surface area contributed by atoms with Crippen molar-refractivity contribution in [1.82, 2.24) is 0 Å². The molecule has 0 aliphatic heterocycles. The van der Waals surface area contributed by atoms with Crippen LogP contribution in [-0.2, 0) is 14.3 Å². The summed E-state index contributed by atoms with van der Waals surface area (Å²) in [5, 5.41) is 9.03. The molecule has 0 aromatic heterocycles. The number of ether oxygens (including phenoxy) is 1. The van der Waals surface area contributed by atoms with Crippen molar-refractivity contribution in [2.24, 2.45) is 0 Å². The van der Waals surface area contributed by atoms with Gasteiger partial charge in [0, 0.05) is 12.8 Å². The topological polar surface area (TPSA) is 63.6 Å². The monoisotopic (exact) mass is 260 g/mol. The minimum Gasteiger partial charge on any atom is -0.481 e. The summed E-state index contributed by atoms with van der Waals surface area (Å²) >= 11 is 0. The second-order valence-corrected chi connectivity index (χ2v) is 11.8. The predicted molar refractivity (Wildman–Crippen MR) is 69.8 cm³/mol. The molecular formula is C12H24O4Si. The molecule has 0 aromatic rings. The molecule has 0 radical (unpaired) electrons. The SMILES string of the molecule is COC(=O)C[C@@H](CC(=O)O)[Si](C)(C)C(C)(C)C. The first kappa shape index (κ1) is 16.2. The van der Waals surface area contributed by atoms with Crippen LogP contribution in [0.15, 0.2) is 0 Å². The van der Waals surface area contributed by atoms with Crippen molar-refractivity contribution < 1.29 is 19.4 Å². The van der Waals surface area contributed by atoms with Gasteiger partial charge in [-0.05, 0) is 10.6 Å². The predicted octanol–water partition coefficient (Wildman–Crippen LogP) is 2.90. The number of carboxylic acids is 1. The van der Waals surface area contributed by atoms with Gasteiger partial charge in [0.1, 0.15) is 0 Å². The molecule has 0 spiro atoms. The number of aliphatic carboxylic acids is 1. The summed E-state index contributed by atoms with van der Waals surface area (Å²) < 4.78 is 4.66. The lowest BCUT2D eigenvalue weighted by molar-refractivity contribution is -0.141. The number of carbonyl (C=O) groups is 2. The first-order valence-corrected chi connectivity index (χ1v) is 8.88. The van der Waals surface area contributed by atoms with E-state index in [2.05, 4.69) is 38.6 Å². The maximum Gasteiger partial charge on any atom is 0.305 e. The van der Waals surface area contributed by atoms with Crippen molar-refractivity contribution >= 4 is 20.0 Å². The van der Waals surface area contributed by atoms with Crippen molar-refractivity contribution in [3.63, 3.8) is 0 Å². The van der Waals surface area contributed by atoms with Gasteiger partial charge in [-0.1, -0.05) is 33.9 Å². The fraction of sp³-hybridized carbons (Fsp3) is 0.833. The third-order valence-electron chi connectivity index (χ3n) is 4.02. The lowest BCUT2D eigenvalue weighted by Gasteiger charge is -2.42. The molecule has 4 nitrogen and oxygen atoms in total. The van der Waals surface area contributed by atoms with Crippen molar-refractivity contribution in [2.75, 3.05) is 7.11 Å². The third-order valence-corrected chi connectivity index (χ3v) is 10.3. The Morgan fingerprint density at radius 2 is 1.71 bits per heavy atom. The van der Waals surface area contributed by atoms with Crippen LogP contribution in [0.1, 0.15) is 33.6 Å². The number of carbonyl (C=O) groups excluding carboxylic acids is 1. The second-order valence-electron chi connectivity index (χ2n) is 6.05. The Labute approximate surface area is 104 Å². The lowest BCUT2D eigenvalue weighted by atomic mass is 10.2. The molecule has 17 heavy (non-hydrogen) atoms. The first-order valence-electron chi connectivity index (χ1n) is 5.81. The van der Waals surface area contributed by atoms with Gasteiger partial charge in [0.25, 0.3) is 0 Å². The van der Waals surface area contributed by atoms with Gasteiger partial charge >= 0.3 is 11.9 Å². The summed E-state index contributed by atoms with van der Waals surface area (Å²) in [6.07, 6.45) is 0.255. The molecule has 0 rings (SSSR count). The second kappa shape index (κ2) is 5.66. The molecule has 0 saturated carbocycles. The summed E-state index contributed by atoms with van der Waals surface area (Å²) in [6, 6.07) is 0. The summed E-state index contributed by atoms with van der Waals surface area (Å²) in [4.78, 5) is 22.3. The highest BCUT2D eigenvalue weighted by atomic mass is 28.3. The fourth-order valence-electron chi connectivity index (χ4n) is 1.69. The van der Waals surface area contributed by atoms with E-state index in [1.54, 1.807) is 0 Å². The molecule has 0 unspecified atom stereocenters. The molecule has 100 valence electrons. The molecule has 0 amide bonds. The Morgan fingerprint density at radius 1 is 1.24 bits per heavy atom. The Kier molecular flexibility index (Phi) is 5.38.